The van der Waals surface area contributed by atoms with Crippen molar-refractivity contribution >= 4 is 6.09 Å². The molecule has 1 saturated heterocycles. The van der Waals surface area contributed by atoms with Crippen LogP contribution in [0.2, 0.25) is 0 Å². The van der Waals surface area contributed by atoms with Crippen LogP contribution in [0.4, 0.5) is 4.79 Å². The average molecular weight is 312 g/mol. The zero-order chi connectivity index (χ0) is 16.4. The molecule has 1 aliphatic heterocycles. The number of hydrogen-bond donors (Lipinski definition) is 1. The monoisotopic (exact) mass is 312 g/mol. The van der Waals surface area contributed by atoms with E-state index in [0.29, 0.717) is 12.1 Å². The maximum absolute atomic E-state index is 12.2. The van der Waals surface area contributed by atoms with Crippen molar-refractivity contribution < 1.29 is 14.3 Å². The van der Waals surface area contributed by atoms with E-state index in [2.05, 4.69) is 12.2 Å². The highest BCUT2D eigenvalue weighted by Gasteiger charge is 2.42. The lowest BCUT2D eigenvalue weighted by Gasteiger charge is -2.45. The third-order valence-corrected chi connectivity index (χ3v) is 4.82. The van der Waals surface area contributed by atoms with Gasteiger partial charge in [-0.25, -0.2) is 4.79 Å². The van der Waals surface area contributed by atoms with Crippen molar-refractivity contribution in [2.75, 3.05) is 26.8 Å². The fourth-order valence-electron chi connectivity index (χ4n) is 3.23. The van der Waals surface area contributed by atoms with Gasteiger partial charge in [-0.3, -0.25) is 0 Å². The fraction of sp³-hybridized carbons (Fsp3) is 0.941. The van der Waals surface area contributed by atoms with Crippen LogP contribution in [0.25, 0.3) is 0 Å². The van der Waals surface area contributed by atoms with Gasteiger partial charge < -0.3 is 19.7 Å². The van der Waals surface area contributed by atoms with Crippen LogP contribution in [0.1, 0.15) is 53.4 Å². The predicted molar refractivity (Wildman–Crippen MR) is 87.0 cm³/mol. The lowest BCUT2D eigenvalue weighted by molar-refractivity contribution is -0.0190. The molecule has 0 aromatic heterocycles. The number of likely N-dealkylation sites (tertiary alicyclic amines) is 1. The Morgan fingerprint density at radius 1 is 1.32 bits per heavy atom. The van der Waals surface area contributed by atoms with Crippen molar-refractivity contribution in [1.82, 2.24) is 10.2 Å². The van der Waals surface area contributed by atoms with E-state index in [-0.39, 0.29) is 11.5 Å². The summed E-state index contributed by atoms with van der Waals surface area (Å²) in [6.07, 6.45) is 4.30. The van der Waals surface area contributed by atoms with Gasteiger partial charge in [-0.05, 0) is 53.4 Å². The number of nitrogens with zero attached hydrogens (tertiary/aromatic N) is 1. The number of methoxy groups -OCH3 is 1. The normalized spacial score (nSPS) is 23.2. The van der Waals surface area contributed by atoms with Crippen molar-refractivity contribution in [3.05, 3.63) is 0 Å². The van der Waals surface area contributed by atoms with Crippen LogP contribution in [-0.2, 0) is 9.47 Å². The maximum atomic E-state index is 12.2. The summed E-state index contributed by atoms with van der Waals surface area (Å²) in [7, 11) is 1.77. The maximum Gasteiger partial charge on any atom is 0.410 e. The number of carbonyl (C=O) groups excluding carboxylic acids is 1. The first-order chi connectivity index (χ1) is 10.3. The topological polar surface area (TPSA) is 50.8 Å². The fourth-order valence-corrected chi connectivity index (χ4v) is 3.23. The van der Waals surface area contributed by atoms with E-state index in [4.69, 9.17) is 9.47 Å². The number of nitrogens with one attached hydrogen (secondary N) is 1. The number of piperidine rings is 1. The van der Waals surface area contributed by atoms with E-state index in [0.717, 1.165) is 32.5 Å². The van der Waals surface area contributed by atoms with Crippen molar-refractivity contribution in [1.29, 1.82) is 0 Å². The Bertz CT molecular complexity index is 380. The lowest BCUT2D eigenvalue weighted by atomic mass is 9.73. The number of rotatable bonds is 5. The van der Waals surface area contributed by atoms with E-state index in [1.54, 1.807) is 7.11 Å². The zero-order valence-corrected chi connectivity index (χ0v) is 14.8. The molecule has 0 aromatic rings. The van der Waals surface area contributed by atoms with Crippen LogP contribution in [-0.4, -0.2) is 55.5 Å². The van der Waals surface area contributed by atoms with Gasteiger partial charge >= 0.3 is 6.09 Å². The Hall–Kier alpha value is -0.810. The van der Waals surface area contributed by atoms with E-state index in [1.165, 1.54) is 12.8 Å². The van der Waals surface area contributed by atoms with Crippen LogP contribution < -0.4 is 5.32 Å². The highest BCUT2D eigenvalue weighted by Crippen LogP contribution is 2.37. The lowest BCUT2D eigenvalue weighted by Crippen LogP contribution is -2.54. The molecule has 2 aliphatic rings. The summed E-state index contributed by atoms with van der Waals surface area (Å²) in [5, 5.41) is 3.72. The van der Waals surface area contributed by atoms with E-state index >= 15 is 0 Å². The second-order valence-electron chi connectivity index (χ2n) is 7.93. The van der Waals surface area contributed by atoms with Crippen molar-refractivity contribution in [2.45, 2.75) is 71.1 Å². The molecule has 1 amide bonds. The van der Waals surface area contributed by atoms with Gasteiger partial charge in [0.1, 0.15) is 5.60 Å². The predicted octanol–water partition coefficient (Wildman–Crippen LogP) is 2.79. The van der Waals surface area contributed by atoms with Gasteiger partial charge in [0.05, 0.1) is 6.61 Å². The average Bonchev–Trinajstić information content (AvgIpc) is 3.21. The minimum Gasteiger partial charge on any atom is -0.444 e. The Labute approximate surface area is 134 Å². The standard InChI is InChI=1S/C17H32N2O3/c1-13(18-14-6-7-14)17(12-21-5)8-10-19(11-9-17)15(20)22-16(2,3)4/h13-14,18H,6-12H2,1-5H3. The molecular formula is C17H32N2O3. The molecule has 1 N–H and O–H groups in total. The van der Waals surface area contributed by atoms with Crippen LogP contribution >= 0.6 is 0 Å². The van der Waals surface area contributed by atoms with Crippen molar-refractivity contribution in [3.8, 4) is 0 Å². The summed E-state index contributed by atoms with van der Waals surface area (Å²) in [6.45, 7) is 10.2. The van der Waals surface area contributed by atoms with Gasteiger partial charge in [0.2, 0.25) is 0 Å². The molecule has 5 heteroatoms. The number of carbonyl (C=O) groups is 1. The summed E-state index contributed by atoms with van der Waals surface area (Å²) in [5.41, 5.74) is -0.311. The highest BCUT2D eigenvalue weighted by molar-refractivity contribution is 5.68. The molecule has 1 aliphatic carbocycles. The highest BCUT2D eigenvalue weighted by atomic mass is 16.6. The second-order valence-corrected chi connectivity index (χ2v) is 7.93. The minimum absolute atomic E-state index is 0.121. The third-order valence-electron chi connectivity index (χ3n) is 4.82. The number of ether oxygens (including phenoxy) is 2. The molecule has 0 spiro atoms. The van der Waals surface area contributed by atoms with Gasteiger partial charge in [-0.15, -0.1) is 0 Å². The zero-order valence-electron chi connectivity index (χ0n) is 14.8. The van der Waals surface area contributed by atoms with Gasteiger partial charge in [0.25, 0.3) is 0 Å². The molecule has 1 atom stereocenters. The Kier molecular flexibility index (Phi) is 5.38. The molecule has 5 nitrogen and oxygen atoms in total. The van der Waals surface area contributed by atoms with Gasteiger partial charge in [-0.2, -0.15) is 0 Å². The molecule has 0 radical (unpaired) electrons. The van der Waals surface area contributed by atoms with Crippen LogP contribution in [0.15, 0.2) is 0 Å². The first-order valence-electron chi connectivity index (χ1n) is 8.49. The van der Waals surface area contributed by atoms with Crippen LogP contribution in [0, 0.1) is 5.41 Å². The summed E-state index contributed by atoms with van der Waals surface area (Å²) in [6, 6.07) is 1.10. The summed E-state index contributed by atoms with van der Waals surface area (Å²) in [4.78, 5) is 14.0. The van der Waals surface area contributed by atoms with Gasteiger partial charge in [-0.1, -0.05) is 0 Å². The molecule has 1 heterocycles. The first kappa shape index (κ1) is 17.5. The van der Waals surface area contributed by atoms with Gasteiger partial charge in [0.15, 0.2) is 0 Å². The molecule has 22 heavy (non-hydrogen) atoms. The van der Waals surface area contributed by atoms with Crippen LogP contribution in [0.5, 0.6) is 0 Å². The Morgan fingerprint density at radius 2 is 1.91 bits per heavy atom. The number of amides is 1. The largest absolute Gasteiger partial charge is 0.444 e. The number of hydrogen-bond acceptors (Lipinski definition) is 4. The second kappa shape index (κ2) is 6.75. The SMILES string of the molecule is COCC1(C(C)NC2CC2)CCN(C(=O)OC(C)(C)C)CC1. The summed E-state index contributed by atoms with van der Waals surface area (Å²) < 4.78 is 11.0. The first-order valence-corrected chi connectivity index (χ1v) is 8.49. The van der Waals surface area contributed by atoms with Crippen LogP contribution in [0.3, 0.4) is 0 Å². The quantitative estimate of drug-likeness (QED) is 0.848. The molecule has 2 fully saturated rings. The van der Waals surface area contributed by atoms with Crippen molar-refractivity contribution in [3.63, 3.8) is 0 Å². The smallest absolute Gasteiger partial charge is 0.410 e. The Balaban J connectivity index is 1.92. The van der Waals surface area contributed by atoms with E-state index in [1.807, 2.05) is 25.7 Å². The molecule has 0 aromatic carbocycles. The van der Waals surface area contributed by atoms with E-state index in [9.17, 15) is 4.79 Å². The molecule has 128 valence electrons. The molecule has 0 bridgehead atoms. The molecular weight excluding hydrogens is 280 g/mol. The van der Waals surface area contributed by atoms with Gasteiger partial charge in [0, 0.05) is 37.7 Å². The summed E-state index contributed by atoms with van der Waals surface area (Å²) in [5.74, 6) is 0. The summed E-state index contributed by atoms with van der Waals surface area (Å²) >= 11 is 0. The Morgan fingerprint density at radius 3 is 2.36 bits per heavy atom. The van der Waals surface area contributed by atoms with E-state index < -0.39 is 5.60 Å². The molecule has 1 saturated carbocycles. The minimum atomic E-state index is -0.432. The molecule has 2 rings (SSSR count). The molecule has 1 unspecified atom stereocenters. The third kappa shape index (κ3) is 4.59. The van der Waals surface area contributed by atoms with Crippen molar-refractivity contribution in [2.24, 2.45) is 5.41 Å².